The van der Waals surface area contributed by atoms with Crippen LogP contribution in [-0.2, 0) is 0 Å². The zero-order chi connectivity index (χ0) is 20.5. The largest absolute Gasteiger partial charge is 0.365 e. The molecule has 9 nitrogen and oxygen atoms in total. The molecular weight excluding hydrogens is 378 g/mol. The molecule has 5 heterocycles. The van der Waals surface area contributed by atoms with Crippen molar-refractivity contribution in [3.63, 3.8) is 0 Å². The van der Waals surface area contributed by atoms with E-state index in [9.17, 15) is 0 Å². The molecule has 0 amide bonds. The van der Waals surface area contributed by atoms with Crippen LogP contribution in [0.4, 0.5) is 17.5 Å². The number of nitrogens with zero attached hydrogens (tertiary/aromatic N) is 6. The average Bonchev–Trinajstić information content (AvgIpc) is 3.25. The first-order valence-corrected chi connectivity index (χ1v) is 10.5. The van der Waals surface area contributed by atoms with E-state index in [2.05, 4.69) is 41.8 Å². The first kappa shape index (κ1) is 18.8. The van der Waals surface area contributed by atoms with Gasteiger partial charge in [-0.2, -0.15) is 10.4 Å². The zero-order valence-corrected chi connectivity index (χ0v) is 17.0. The van der Waals surface area contributed by atoms with E-state index in [1.165, 1.54) is 12.8 Å². The highest BCUT2D eigenvalue weighted by molar-refractivity contribution is 5.88. The Labute approximate surface area is 174 Å². The Morgan fingerprint density at radius 2 is 1.97 bits per heavy atom. The fraction of sp³-hybridized carbons (Fsp3) is 0.476. The van der Waals surface area contributed by atoms with Crippen molar-refractivity contribution < 1.29 is 0 Å². The molecule has 1 unspecified atom stereocenters. The second-order valence-corrected chi connectivity index (χ2v) is 8.18. The number of fused-ring (bicyclic) bond motifs is 3. The summed E-state index contributed by atoms with van der Waals surface area (Å²) in [5.74, 6) is 2.16. The van der Waals surface area contributed by atoms with Crippen molar-refractivity contribution in [1.82, 2.24) is 30.0 Å². The summed E-state index contributed by atoms with van der Waals surface area (Å²) in [5, 5.41) is 23.0. The van der Waals surface area contributed by atoms with E-state index in [1.54, 1.807) is 12.4 Å². The van der Waals surface area contributed by atoms with Gasteiger partial charge in [-0.15, -0.1) is 0 Å². The van der Waals surface area contributed by atoms with Gasteiger partial charge in [-0.1, -0.05) is 0 Å². The van der Waals surface area contributed by atoms with E-state index in [0.29, 0.717) is 30.4 Å². The number of hydrogen-bond acceptors (Lipinski definition) is 8. The zero-order valence-electron chi connectivity index (χ0n) is 17.0. The highest BCUT2D eigenvalue weighted by atomic mass is 15.2. The number of piperidine rings is 1. The smallest absolute Gasteiger partial charge is 0.156 e. The molecule has 0 radical (unpaired) electrons. The van der Waals surface area contributed by atoms with E-state index in [0.717, 1.165) is 47.7 Å². The van der Waals surface area contributed by atoms with Crippen LogP contribution in [0.3, 0.4) is 0 Å². The van der Waals surface area contributed by atoms with Crippen molar-refractivity contribution in [2.24, 2.45) is 0 Å². The Kier molecular flexibility index (Phi) is 4.93. The summed E-state index contributed by atoms with van der Waals surface area (Å²) in [6.07, 6.45) is 8.54. The van der Waals surface area contributed by atoms with Crippen LogP contribution in [0.2, 0.25) is 0 Å². The number of rotatable bonds is 6. The van der Waals surface area contributed by atoms with Crippen molar-refractivity contribution in [1.29, 1.82) is 5.26 Å². The molecule has 2 saturated heterocycles. The third-order valence-corrected chi connectivity index (χ3v) is 6.13. The fourth-order valence-electron chi connectivity index (χ4n) is 4.88. The average molecular weight is 403 g/mol. The number of aryl methyl sites for hydroxylation is 1. The van der Waals surface area contributed by atoms with E-state index in [-0.39, 0.29) is 0 Å². The van der Waals surface area contributed by atoms with Crippen molar-refractivity contribution in [2.45, 2.75) is 57.2 Å². The van der Waals surface area contributed by atoms with Crippen LogP contribution in [0.5, 0.6) is 0 Å². The SMILES string of the molecule is Cc1cc(Nc2cc3nccnc3c(N[C@@H]3CC4CC[C@@H](C3)N4CCC#N)n2)n[nH]1. The number of nitriles is 1. The maximum atomic E-state index is 8.95. The molecule has 3 aromatic rings. The standard InChI is InChI=1S/C21H25N9/c1-13-9-19(29-28-13)26-18-12-17-20(24-7-6-23-17)21(27-18)25-14-10-15-3-4-16(11-14)30(15)8-2-5-22/h6-7,9,12,14-16H,2-4,8,10-11H2,1H3,(H3,25,26,27,28,29)/t14-,15-,16?/m0/s1. The number of anilines is 3. The van der Waals surface area contributed by atoms with Gasteiger partial charge in [-0.25, -0.2) is 9.97 Å². The fourth-order valence-corrected chi connectivity index (χ4v) is 4.88. The third kappa shape index (κ3) is 3.66. The van der Waals surface area contributed by atoms with Crippen LogP contribution in [0.25, 0.3) is 11.0 Å². The molecule has 154 valence electrons. The Morgan fingerprint density at radius 3 is 2.70 bits per heavy atom. The van der Waals surface area contributed by atoms with Gasteiger partial charge in [0.2, 0.25) is 0 Å². The second kappa shape index (κ2) is 7.88. The number of aromatic nitrogens is 5. The topological polar surface area (TPSA) is 118 Å². The summed E-state index contributed by atoms with van der Waals surface area (Å²) in [4.78, 5) is 16.3. The lowest BCUT2D eigenvalue weighted by molar-refractivity contribution is 0.136. The van der Waals surface area contributed by atoms with E-state index in [1.807, 2.05) is 19.1 Å². The molecule has 3 atom stereocenters. The first-order valence-electron chi connectivity index (χ1n) is 10.5. The molecule has 2 bridgehead atoms. The molecule has 3 N–H and O–H groups in total. The minimum absolute atomic E-state index is 0.335. The summed E-state index contributed by atoms with van der Waals surface area (Å²) < 4.78 is 0. The molecule has 5 rings (SSSR count). The molecular formula is C21H25N9. The van der Waals surface area contributed by atoms with Crippen LogP contribution in [0, 0.1) is 18.3 Å². The van der Waals surface area contributed by atoms with Gasteiger partial charge >= 0.3 is 0 Å². The van der Waals surface area contributed by atoms with Gasteiger partial charge in [0.15, 0.2) is 11.6 Å². The number of aromatic amines is 1. The molecule has 0 aliphatic carbocycles. The number of nitrogens with one attached hydrogen (secondary N) is 3. The molecule has 3 aromatic heterocycles. The molecule has 2 aliphatic rings. The van der Waals surface area contributed by atoms with Gasteiger partial charge in [-0.3, -0.25) is 15.0 Å². The third-order valence-electron chi connectivity index (χ3n) is 6.13. The van der Waals surface area contributed by atoms with Gasteiger partial charge in [0.1, 0.15) is 11.3 Å². The summed E-state index contributed by atoms with van der Waals surface area (Å²) in [6.45, 7) is 2.84. The predicted octanol–water partition coefficient (Wildman–Crippen LogP) is 3.12. The van der Waals surface area contributed by atoms with Crippen molar-refractivity contribution in [3.05, 3.63) is 30.2 Å². The monoisotopic (exact) mass is 403 g/mol. The van der Waals surface area contributed by atoms with Crippen LogP contribution in [-0.4, -0.2) is 54.7 Å². The van der Waals surface area contributed by atoms with Crippen LogP contribution >= 0.6 is 0 Å². The van der Waals surface area contributed by atoms with Crippen LogP contribution < -0.4 is 10.6 Å². The summed E-state index contributed by atoms with van der Waals surface area (Å²) in [7, 11) is 0. The lowest BCUT2D eigenvalue weighted by Crippen LogP contribution is -2.47. The predicted molar refractivity (Wildman–Crippen MR) is 114 cm³/mol. The minimum Gasteiger partial charge on any atom is -0.365 e. The lowest BCUT2D eigenvalue weighted by Gasteiger charge is -2.39. The van der Waals surface area contributed by atoms with Crippen molar-refractivity contribution >= 4 is 28.5 Å². The molecule has 2 aliphatic heterocycles. The summed E-state index contributed by atoms with van der Waals surface area (Å²) in [5.41, 5.74) is 2.55. The van der Waals surface area contributed by atoms with E-state index in [4.69, 9.17) is 10.2 Å². The number of H-pyrrole nitrogens is 1. The highest BCUT2D eigenvalue weighted by Gasteiger charge is 2.40. The van der Waals surface area contributed by atoms with Gasteiger partial charge in [0.25, 0.3) is 0 Å². The first-order chi connectivity index (χ1) is 14.7. The molecule has 2 fully saturated rings. The van der Waals surface area contributed by atoms with Crippen LogP contribution in [0.1, 0.15) is 37.8 Å². The van der Waals surface area contributed by atoms with Gasteiger partial charge in [-0.05, 0) is 32.6 Å². The quantitative estimate of drug-likeness (QED) is 0.574. The number of pyridine rings is 1. The molecule has 9 heteroatoms. The number of hydrogen-bond donors (Lipinski definition) is 3. The molecule has 0 saturated carbocycles. The molecule has 30 heavy (non-hydrogen) atoms. The molecule has 0 aromatic carbocycles. The van der Waals surface area contributed by atoms with Crippen molar-refractivity contribution in [2.75, 3.05) is 17.2 Å². The minimum atomic E-state index is 0.335. The normalized spacial score (nSPS) is 23.4. The Hall–Kier alpha value is -3.25. The Balaban J connectivity index is 1.38. The second-order valence-electron chi connectivity index (χ2n) is 8.18. The van der Waals surface area contributed by atoms with E-state index >= 15 is 0 Å². The van der Waals surface area contributed by atoms with Gasteiger partial charge in [0.05, 0.1) is 11.6 Å². The van der Waals surface area contributed by atoms with Gasteiger partial charge in [0, 0.05) is 61.3 Å². The van der Waals surface area contributed by atoms with Gasteiger partial charge < -0.3 is 10.6 Å². The Bertz CT molecular complexity index is 1070. The van der Waals surface area contributed by atoms with E-state index < -0.39 is 0 Å². The highest BCUT2D eigenvalue weighted by Crippen LogP contribution is 2.37. The lowest BCUT2D eigenvalue weighted by atomic mass is 9.97. The maximum absolute atomic E-state index is 8.95. The maximum Gasteiger partial charge on any atom is 0.156 e. The van der Waals surface area contributed by atoms with Crippen molar-refractivity contribution in [3.8, 4) is 6.07 Å². The summed E-state index contributed by atoms with van der Waals surface area (Å²) in [6, 6.07) is 7.53. The summed E-state index contributed by atoms with van der Waals surface area (Å²) >= 11 is 0. The molecule has 0 spiro atoms. The van der Waals surface area contributed by atoms with Crippen LogP contribution in [0.15, 0.2) is 24.5 Å². The Morgan fingerprint density at radius 1 is 1.17 bits per heavy atom.